The Balaban J connectivity index is 2.10. The molecule has 0 amide bonds. The third kappa shape index (κ3) is 7.87. The van der Waals surface area contributed by atoms with Crippen LogP contribution in [0, 0.1) is 5.92 Å². The lowest BCUT2D eigenvalue weighted by Crippen LogP contribution is -2.33. The van der Waals surface area contributed by atoms with Gasteiger partial charge in [-0.3, -0.25) is 0 Å². The first kappa shape index (κ1) is 16.9. The maximum atomic E-state index is 11.7. The quantitative estimate of drug-likeness (QED) is 0.612. The van der Waals surface area contributed by atoms with Crippen LogP contribution in [0.1, 0.15) is 32.1 Å². The average Bonchev–Trinajstić information content (AvgIpc) is 2.37. The van der Waals surface area contributed by atoms with Crippen LogP contribution in [0.15, 0.2) is 0 Å². The smallest absolute Gasteiger partial charge is 0.211 e. The topological polar surface area (TPSA) is 61.4 Å². The van der Waals surface area contributed by atoms with Gasteiger partial charge in [0.25, 0.3) is 0 Å². The lowest BCUT2D eigenvalue weighted by molar-refractivity contribution is 0.213. The Labute approximate surface area is 118 Å². The van der Waals surface area contributed by atoms with Crippen molar-refractivity contribution >= 4 is 10.0 Å². The molecule has 1 fully saturated rings. The van der Waals surface area contributed by atoms with Gasteiger partial charge in [-0.1, -0.05) is 0 Å². The number of hydrogen-bond donors (Lipinski definition) is 2. The van der Waals surface area contributed by atoms with Gasteiger partial charge in [-0.2, -0.15) is 0 Å². The molecule has 1 rings (SSSR count). The number of likely N-dealkylation sites (tertiary alicyclic amines) is 1. The summed E-state index contributed by atoms with van der Waals surface area (Å²) in [5.74, 6) is 0.936. The zero-order valence-corrected chi connectivity index (χ0v) is 13.1. The van der Waals surface area contributed by atoms with E-state index in [9.17, 15) is 8.42 Å². The number of unbranched alkanes of at least 4 members (excludes halogenated alkanes) is 1. The fourth-order valence-electron chi connectivity index (χ4n) is 2.44. The minimum Gasteiger partial charge on any atom is -0.320 e. The molecule has 0 aliphatic carbocycles. The second-order valence-electron chi connectivity index (χ2n) is 5.56. The Morgan fingerprint density at radius 3 is 2.47 bits per heavy atom. The predicted octanol–water partition coefficient (Wildman–Crippen LogP) is 0.637. The first-order chi connectivity index (χ1) is 9.03. The van der Waals surface area contributed by atoms with E-state index >= 15 is 0 Å². The fourth-order valence-corrected chi connectivity index (χ4v) is 3.59. The van der Waals surface area contributed by atoms with E-state index in [1.54, 1.807) is 0 Å². The summed E-state index contributed by atoms with van der Waals surface area (Å²) in [4.78, 5) is 2.34. The molecule has 0 aromatic heterocycles. The number of piperidine rings is 1. The molecule has 0 saturated carbocycles. The summed E-state index contributed by atoms with van der Waals surface area (Å²) in [6, 6.07) is 0. The van der Waals surface area contributed by atoms with Crippen LogP contribution in [0.25, 0.3) is 0 Å². The normalized spacial score (nSPS) is 18.8. The summed E-state index contributed by atoms with van der Waals surface area (Å²) < 4.78 is 26.2. The molecule has 1 aliphatic heterocycles. The summed E-state index contributed by atoms with van der Waals surface area (Å²) in [7, 11) is 0.964. The predicted molar refractivity (Wildman–Crippen MR) is 79.8 cm³/mol. The molecule has 0 atom stereocenters. The van der Waals surface area contributed by atoms with Crippen LogP contribution < -0.4 is 10.0 Å². The van der Waals surface area contributed by atoms with Crippen molar-refractivity contribution in [2.24, 2.45) is 5.92 Å². The molecule has 0 aromatic rings. The van der Waals surface area contributed by atoms with Crippen molar-refractivity contribution in [3.63, 3.8) is 0 Å². The molecular weight excluding hydrogens is 262 g/mol. The molecule has 19 heavy (non-hydrogen) atoms. The van der Waals surface area contributed by atoms with Crippen LogP contribution in [-0.2, 0) is 10.0 Å². The van der Waals surface area contributed by atoms with Crippen molar-refractivity contribution in [3.8, 4) is 0 Å². The number of hydrogen-bond acceptors (Lipinski definition) is 4. The monoisotopic (exact) mass is 291 g/mol. The number of sulfonamides is 1. The zero-order valence-electron chi connectivity index (χ0n) is 12.3. The van der Waals surface area contributed by atoms with Gasteiger partial charge in [-0.25, -0.2) is 13.1 Å². The van der Waals surface area contributed by atoms with Crippen LogP contribution in [0.3, 0.4) is 0 Å². The SMILES string of the molecule is CNCCCCS(=O)(=O)NCCC1CCN(C)CC1. The highest BCUT2D eigenvalue weighted by Gasteiger charge is 2.17. The van der Waals surface area contributed by atoms with E-state index < -0.39 is 10.0 Å². The standard InChI is InChI=1S/C13H29N3O2S/c1-14-8-3-4-12-19(17,18)15-9-5-13-6-10-16(2)11-7-13/h13-15H,3-12H2,1-2H3. The van der Waals surface area contributed by atoms with Gasteiger partial charge in [-0.05, 0) is 71.8 Å². The minimum atomic E-state index is -3.06. The molecule has 0 unspecified atom stereocenters. The van der Waals surface area contributed by atoms with E-state index in [-0.39, 0.29) is 5.75 Å². The van der Waals surface area contributed by atoms with Crippen molar-refractivity contribution in [2.75, 3.05) is 46.0 Å². The van der Waals surface area contributed by atoms with Gasteiger partial charge in [0.1, 0.15) is 0 Å². The average molecular weight is 291 g/mol. The number of nitrogens with one attached hydrogen (secondary N) is 2. The van der Waals surface area contributed by atoms with Crippen molar-refractivity contribution < 1.29 is 8.42 Å². The molecular formula is C13H29N3O2S. The highest BCUT2D eigenvalue weighted by Crippen LogP contribution is 2.18. The molecule has 1 aliphatic rings. The van der Waals surface area contributed by atoms with Crippen LogP contribution in [0.4, 0.5) is 0 Å². The molecule has 0 bridgehead atoms. The first-order valence-electron chi connectivity index (χ1n) is 7.34. The summed E-state index contributed by atoms with van der Waals surface area (Å²) in [5, 5.41) is 3.02. The fraction of sp³-hybridized carbons (Fsp3) is 1.00. The third-order valence-electron chi connectivity index (χ3n) is 3.80. The van der Waals surface area contributed by atoms with Crippen LogP contribution >= 0.6 is 0 Å². The molecule has 5 nitrogen and oxygen atoms in total. The highest BCUT2D eigenvalue weighted by molar-refractivity contribution is 7.89. The van der Waals surface area contributed by atoms with E-state index in [1.165, 1.54) is 12.8 Å². The number of rotatable bonds is 9. The van der Waals surface area contributed by atoms with Crippen molar-refractivity contribution in [1.82, 2.24) is 14.9 Å². The summed E-state index contributed by atoms with van der Waals surface area (Å²) >= 11 is 0. The lowest BCUT2D eigenvalue weighted by Gasteiger charge is -2.28. The zero-order chi connectivity index (χ0) is 14.1. The maximum absolute atomic E-state index is 11.7. The van der Waals surface area contributed by atoms with E-state index in [0.717, 1.165) is 38.9 Å². The summed E-state index contributed by atoms with van der Waals surface area (Å²) in [5.41, 5.74) is 0. The van der Waals surface area contributed by atoms with Gasteiger partial charge in [-0.15, -0.1) is 0 Å². The summed E-state index contributed by atoms with van der Waals surface area (Å²) in [6.07, 6.45) is 5.00. The molecule has 0 radical (unpaired) electrons. The van der Waals surface area contributed by atoms with Gasteiger partial charge >= 0.3 is 0 Å². The Kier molecular flexibility index (Phi) is 7.90. The molecule has 6 heteroatoms. The lowest BCUT2D eigenvalue weighted by atomic mass is 9.94. The van der Waals surface area contributed by atoms with E-state index in [0.29, 0.717) is 12.5 Å². The first-order valence-corrected chi connectivity index (χ1v) is 8.99. The van der Waals surface area contributed by atoms with Crippen molar-refractivity contribution in [2.45, 2.75) is 32.1 Å². The van der Waals surface area contributed by atoms with Crippen molar-refractivity contribution in [3.05, 3.63) is 0 Å². The van der Waals surface area contributed by atoms with Crippen LogP contribution in [-0.4, -0.2) is 59.3 Å². The largest absolute Gasteiger partial charge is 0.320 e. The Bertz CT molecular complexity index is 325. The molecule has 0 aromatic carbocycles. The van der Waals surface area contributed by atoms with Gasteiger partial charge in [0, 0.05) is 6.54 Å². The molecule has 1 heterocycles. The van der Waals surface area contributed by atoms with Crippen LogP contribution in [0.2, 0.25) is 0 Å². The van der Waals surface area contributed by atoms with Gasteiger partial charge in [0.15, 0.2) is 0 Å². The van der Waals surface area contributed by atoms with Crippen molar-refractivity contribution in [1.29, 1.82) is 0 Å². The Hall–Kier alpha value is -0.170. The summed E-state index contributed by atoms with van der Waals surface area (Å²) in [6.45, 7) is 3.76. The van der Waals surface area contributed by atoms with E-state index in [2.05, 4.69) is 22.0 Å². The van der Waals surface area contributed by atoms with Gasteiger partial charge in [0.05, 0.1) is 5.75 Å². The van der Waals surface area contributed by atoms with E-state index in [1.807, 2.05) is 7.05 Å². The van der Waals surface area contributed by atoms with Gasteiger partial charge in [0.2, 0.25) is 10.0 Å². The Morgan fingerprint density at radius 2 is 1.84 bits per heavy atom. The maximum Gasteiger partial charge on any atom is 0.211 e. The molecule has 2 N–H and O–H groups in total. The number of nitrogens with zero attached hydrogens (tertiary/aromatic N) is 1. The molecule has 114 valence electrons. The van der Waals surface area contributed by atoms with E-state index in [4.69, 9.17) is 0 Å². The van der Waals surface area contributed by atoms with Crippen LogP contribution in [0.5, 0.6) is 0 Å². The Morgan fingerprint density at radius 1 is 1.16 bits per heavy atom. The van der Waals surface area contributed by atoms with Gasteiger partial charge < -0.3 is 10.2 Å². The minimum absolute atomic E-state index is 0.252. The second kappa shape index (κ2) is 8.89. The molecule has 0 spiro atoms. The highest BCUT2D eigenvalue weighted by atomic mass is 32.2. The third-order valence-corrected chi connectivity index (χ3v) is 5.27. The molecule has 1 saturated heterocycles. The second-order valence-corrected chi connectivity index (χ2v) is 7.49.